The van der Waals surface area contributed by atoms with Gasteiger partial charge in [0.1, 0.15) is 6.54 Å². The number of isothiocyanates is 1. The summed E-state index contributed by atoms with van der Waals surface area (Å²) in [5, 5.41) is 2.11. The summed E-state index contributed by atoms with van der Waals surface area (Å²) in [6.07, 6.45) is 0. The average Bonchev–Trinajstić information content (AvgIpc) is 1.82. The van der Waals surface area contributed by atoms with E-state index in [0.29, 0.717) is 0 Å². The van der Waals surface area contributed by atoms with Crippen molar-refractivity contribution in [2.75, 3.05) is 20.6 Å². The molecule has 0 fully saturated rings. The van der Waals surface area contributed by atoms with Gasteiger partial charge in [-0.2, -0.15) is 0 Å². The molecule has 9 heavy (non-hydrogen) atoms. The second-order valence-corrected chi connectivity index (χ2v) is 1.88. The first-order valence-electron chi connectivity index (χ1n) is 2.42. The van der Waals surface area contributed by atoms with Crippen LogP contribution in [0.2, 0.25) is 0 Å². The minimum atomic E-state index is -0.0626. The maximum Gasteiger partial charge on any atom is 0.244 e. The smallest absolute Gasteiger partial charge is 0.244 e. The van der Waals surface area contributed by atoms with Crippen LogP contribution in [-0.4, -0.2) is 36.6 Å². The van der Waals surface area contributed by atoms with Crippen LogP contribution in [0.3, 0.4) is 0 Å². The number of nitrogens with zero attached hydrogens (tertiary/aromatic N) is 2. The molecule has 0 radical (unpaired) electrons. The lowest BCUT2D eigenvalue weighted by Crippen LogP contribution is -2.23. The van der Waals surface area contributed by atoms with Crippen molar-refractivity contribution in [3.05, 3.63) is 0 Å². The highest BCUT2D eigenvalue weighted by molar-refractivity contribution is 7.78. The molecule has 0 heterocycles. The molecule has 0 aromatic rings. The number of likely N-dealkylation sites (N-methyl/N-ethyl adjacent to an activating group) is 1. The van der Waals surface area contributed by atoms with E-state index in [1.54, 1.807) is 14.1 Å². The molecular formula is C5H8N2OS. The Morgan fingerprint density at radius 1 is 1.78 bits per heavy atom. The van der Waals surface area contributed by atoms with Crippen LogP contribution in [-0.2, 0) is 4.79 Å². The fourth-order valence-corrected chi connectivity index (χ4v) is 0.306. The second-order valence-electron chi connectivity index (χ2n) is 1.70. The van der Waals surface area contributed by atoms with Gasteiger partial charge >= 0.3 is 0 Å². The second kappa shape index (κ2) is 4.18. The van der Waals surface area contributed by atoms with Crippen LogP contribution in [0.5, 0.6) is 0 Å². The molecule has 0 rings (SSSR count). The maximum atomic E-state index is 10.6. The van der Waals surface area contributed by atoms with Gasteiger partial charge in [-0.3, -0.25) is 4.79 Å². The first-order valence-corrected chi connectivity index (χ1v) is 2.83. The SMILES string of the molecule is CN(C)C(=O)CN=C=S. The van der Waals surface area contributed by atoms with E-state index in [4.69, 9.17) is 0 Å². The lowest BCUT2D eigenvalue weighted by Gasteiger charge is -2.05. The lowest BCUT2D eigenvalue weighted by molar-refractivity contribution is -0.127. The predicted octanol–water partition coefficient (Wildman–Crippen LogP) is 0.177. The number of rotatable bonds is 2. The van der Waals surface area contributed by atoms with Crippen molar-refractivity contribution in [1.82, 2.24) is 4.90 Å². The van der Waals surface area contributed by atoms with Crippen LogP contribution in [0.25, 0.3) is 0 Å². The monoisotopic (exact) mass is 144 g/mol. The van der Waals surface area contributed by atoms with Gasteiger partial charge in [0.15, 0.2) is 0 Å². The topological polar surface area (TPSA) is 32.7 Å². The number of carbonyl (C=O) groups excluding carboxylic acids is 1. The highest BCUT2D eigenvalue weighted by atomic mass is 32.1. The Bertz CT molecular complexity index is 149. The number of hydrogen-bond acceptors (Lipinski definition) is 3. The summed E-state index contributed by atoms with van der Waals surface area (Å²) in [6.45, 7) is 0.108. The summed E-state index contributed by atoms with van der Waals surface area (Å²) in [4.78, 5) is 15.6. The van der Waals surface area contributed by atoms with Gasteiger partial charge in [-0.15, -0.1) is 0 Å². The van der Waals surface area contributed by atoms with E-state index in [1.165, 1.54) is 4.90 Å². The van der Waals surface area contributed by atoms with E-state index in [0.717, 1.165) is 0 Å². The van der Waals surface area contributed by atoms with Crippen molar-refractivity contribution in [1.29, 1.82) is 0 Å². The van der Waals surface area contributed by atoms with Crippen LogP contribution < -0.4 is 0 Å². The van der Waals surface area contributed by atoms with E-state index >= 15 is 0 Å². The first kappa shape index (κ1) is 8.27. The summed E-state index contributed by atoms with van der Waals surface area (Å²) in [6, 6.07) is 0. The Morgan fingerprint density at radius 3 is 2.67 bits per heavy atom. The van der Waals surface area contributed by atoms with Crippen LogP contribution >= 0.6 is 12.2 Å². The number of thiocarbonyl (C=S) groups is 1. The van der Waals surface area contributed by atoms with Gasteiger partial charge in [0.05, 0.1) is 5.16 Å². The van der Waals surface area contributed by atoms with Gasteiger partial charge in [-0.05, 0) is 12.2 Å². The van der Waals surface area contributed by atoms with Gasteiger partial charge in [-0.1, -0.05) is 0 Å². The number of amides is 1. The largest absolute Gasteiger partial charge is 0.347 e. The molecule has 0 saturated carbocycles. The molecule has 1 amide bonds. The van der Waals surface area contributed by atoms with Gasteiger partial charge in [-0.25, -0.2) is 4.99 Å². The summed E-state index contributed by atoms with van der Waals surface area (Å²) < 4.78 is 0. The van der Waals surface area contributed by atoms with E-state index in [-0.39, 0.29) is 12.5 Å². The molecule has 0 bridgehead atoms. The minimum absolute atomic E-state index is 0.0626. The molecule has 0 aliphatic heterocycles. The fourth-order valence-electron chi connectivity index (χ4n) is 0.241. The molecule has 0 aliphatic rings. The quantitative estimate of drug-likeness (QED) is 0.409. The molecule has 0 N–H and O–H groups in total. The first-order chi connectivity index (χ1) is 4.18. The van der Waals surface area contributed by atoms with E-state index < -0.39 is 0 Å². The summed E-state index contributed by atoms with van der Waals surface area (Å²) >= 11 is 4.27. The number of hydrogen-bond donors (Lipinski definition) is 0. The van der Waals surface area contributed by atoms with Crippen molar-refractivity contribution in [2.45, 2.75) is 0 Å². The minimum Gasteiger partial charge on any atom is -0.347 e. The van der Waals surface area contributed by atoms with Crippen molar-refractivity contribution >= 4 is 23.3 Å². The molecule has 0 atom stereocenters. The van der Waals surface area contributed by atoms with Gasteiger partial charge in [0.2, 0.25) is 5.91 Å². The fraction of sp³-hybridized carbons (Fsp3) is 0.600. The van der Waals surface area contributed by atoms with Crippen molar-refractivity contribution in [3.63, 3.8) is 0 Å². The standard InChI is InChI=1S/C5H8N2OS/c1-7(2)5(8)3-6-4-9/h3H2,1-2H3. The van der Waals surface area contributed by atoms with Crippen LogP contribution in [0.15, 0.2) is 4.99 Å². The maximum absolute atomic E-state index is 10.6. The third-order valence-electron chi connectivity index (χ3n) is 0.778. The Labute approximate surface area is 59.4 Å². The molecular weight excluding hydrogens is 136 g/mol. The molecule has 4 heteroatoms. The Kier molecular flexibility index (Phi) is 3.84. The van der Waals surface area contributed by atoms with Gasteiger partial charge in [0, 0.05) is 14.1 Å². The zero-order valence-corrected chi connectivity index (χ0v) is 6.23. The van der Waals surface area contributed by atoms with Crippen LogP contribution in [0.1, 0.15) is 0 Å². The van der Waals surface area contributed by atoms with Crippen molar-refractivity contribution in [3.8, 4) is 0 Å². The van der Waals surface area contributed by atoms with E-state index in [2.05, 4.69) is 22.4 Å². The normalized spacial score (nSPS) is 7.78. The molecule has 0 saturated heterocycles. The van der Waals surface area contributed by atoms with Crippen molar-refractivity contribution in [2.24, 2.45) is 4.99 Å². The number of aliphatic imine (C=N–C) groups is 1. The third-order valence-corrected chi connectivity index (χ3v) is 0.907. The molecule has 0 unspecified atom stereocenters. The highest BCUT2D eigenvalue weighted by Crippen LogP contribution is 1.77. The summed E-state index contributed by atoms with van der Waals surface area (Å²) in [7, 11) is 3.34. The predicted molar refractivity (Wildman–Crippen MR) is 38.6 cm³/mol. The molecule has 50 valence electrons. The molecule has 0 aromatic heterocycles. The molecule has 3 nitrogen and oxygen atoms in total. The Balaban J connectivity index is 3.64. The zero-order valence-electron chi connectivity index (χ0n) is 5.42. The van der Waals surface area contributed by atoms with E-state index in [9.17, 15) is 4.79 Å². The average molecular weight is 144 g/mol. The molecule has 0 aromatic carbocycles. The van der Waals surface area contributed by atoms with Crippen LogP contribution in [0.4, 0.5) is 0 Å². The van der Waals surface area contributed by atoms with Crippen molar-refractivity contribution < 1.29 is 4.79 Å². The molecule has 0 aliphatic carbocycles. The highest BCUT2D eigenvalue weighted by Gasteiger charge is 1.98. The summed E-state index contributed by atoms with van der Waals surface area (Å²) in [5.41, 5.74) is 0. The summed E-state index contributed by atoms with van der Waals surface area (Å²) in [5.74, 6) is -0.0626. The molecule has 0 spiro atoms. The lowest BCUT2D eigenvalue weighted by atomic mass is 10.6. The number of carbonyl (C=O) groups is 1. The van der Waals surface area contributed by atoms with Gasteiger partial charge in [0.25, 0.3) is 0 Å². The van der Waals surface area contributed by atoms with Crippen LogP contribution in [0, 0.1) is 0 Å². The Hall–Kier alpha value is -0.730. The zero-order chi connectivity index (χ0) is 7.28. The third kappa shape index (κ3) is 3.82. The Morgan fingerprint density at radius 2 is 2.33 bits per heavy atom. The van der Waals surface area contributed by atoms with E-state index in [1.807, 2.05) is 0 Å². The van der Waals surface area contributed by atoms with Gasteiger partial charge < -0.3 is 4.90 Å².